The number of esters is 1. The number of rotatable bonds is 5. The molecule has 20 heavy (non-hydrogen) atoms. The predicted octanol–water partition coefficient (Wildman–Crippen LogP) is 2.43. The fourth-order valence-electron chi connectivity index (χ4n) is 1.92. The summed E-state index contributed by atoms with van der Waals surface area (Å²) >= 11 is 0. The van der Waals surface area contributed by atoms with E-state index in [1.165, 1.54) is 18.2 Å². The minimum Gasteiger partial charge on any atom is -0.466 e. The van der Waals surface area contributed by atoms with Crippen LogP contribution < -0.4 is 9.47 Å². The van der Waals surface area contributed by atoms with Gasteiger partial charge in [-0.05, 0) is 13.0 Å². The SMILES string of the molecule is CCOC(=O)CCC1(C)Oc2ccc([N+](=O)[O-])cc2O1. The fourth-order valence-corrected chi connectivity index (χ4v) is 1.92. The van der Waals surface area contributed by atoms with Crippen LogP contribution in [0.5, 0.6) is 11.5 Å². The molecule has 0 N–H and O–H groups in total. The number of hydrogen-bond donors (Lipinski definition) is 0. The van der Waals surface area contributed by atoms with Crippen LogP contribution in [0.1, 0.15) is 26.7 Å². The lowest BCUT2D eigenvalue weighted by Gasteiger charge is -2.22. The molecule has 1 aliphatic rings. The second-order valence-corrected chi connectivity index (χ2v) is 4.53. The third kappa shape index (κ3) is 2.98. The zero-order chi connectivity index (χ0) is 14.8. The van der Waals surface area contributed by atoms with E-state index >= 15 is 0 Å². The van der Waals surface area contributed by atoms with Crippen LogP contribution in [0.25, 0.3) is 0 Å². The standard InChI is InChI=1S/C13H15NO6/c1-3-18-12(15)6-7-13(2)19-10-5-4-9(14(16)17)8-11(10)20-13/h4-5,8H,3,6-7H2,1-2H3. The number of ether oxygens (including phenoxy) is 3. The molecule has 1 aromatic carbocycles. The summed E-state index contributed by atoms with van der Waals surface area (Å²) in [5.74, 6) is -0.597. The van der Waals surface area contributed by atoms with Crippen molar-refractivity contribution in [3.8, 4) is 11.5 Å². The molecule has 0 amide bonds. The average Bonchev–Trinajstić information content (AvgIpc) is 2.72. The number of fused-ring (bicyclic) bond motifs is 1. The van der Waals surface area contributed by atoms with Gasteiger partial charge in [-0.15, -0.1) is 0 Å². The fraction of sp³-hybridized carbons (Fsp3) is 0.462. The van der Waals surface area contributed by atoms with Gasteiger partial charge in [0.15, 0.2) is 11.5 Å². The number of nitro benzene ring substituents is 1. The first-order chi connectivity index (χ1) is 9.43. The first-order valence-electron chi connectivity index (χ1n) is 6.25. The van der Waals surface area contributed by atoms with Gasteiger partial charge in [0.05, 0.1) is 24.0 Å². The zero-order valence-corrected chi connectivity index (χ0v) is 11.3. The topological polar surface area (TPSA) is 87.9 Å². The summed E-state index contributed by atoms with van der Waals surface area (Å²) < 4.78 is 16.0. The summed E-state index contributed by atoms with van der Waals surface area (Å²) in [5.41, 5.74) is -0.0676. The molecular weight excluding hydrogens is 266 g/mol. The Hall–Kier alpha value is -2.31. The Morgan fingerprint density at radius 1 is 1.40 bits per heavy atom. The highest BCUT2D eigenvalue weighted by molar-refractivity contribution is 5.69. The van der Waals surface area contributed by atoms with E-state index in [0.717, 1.165) is 0 Å². The molecule has 0 radical (unpaired) electrons. The van der Waals surface area contributed by atoms with Crippen molar-refractivity contribution in [2.75, 3.05) is 6.61 Å². The van der Waals surface area contributed by atoms with E-state index < -0.39 is 10.7 Å². The van der Waals surface area contributed by atoms with Gasteiger partial charge < -0.3 is 14.2 Å². The van der Waals surface area contributed by atoms with Crippen LogP contribution in [0, 0.1) is 10.1 Å². The minimum absolute atomic E-state index is 0.0676. The van der Waals surface area contributed by atoms with E-state index in [1.807, 2.05) is 0 Å². The largest absolute Gasteiger partial charge is 0.466 e. The molecule has 0 saturated heterocycles. The van der Waals surface area contributed by atoms with Crippen molar-refractivity contribution in [1.82, 2.24) is 0 Å². The Balaban J connectivity index is 2.04. The molecule has 7 heteroatoms. The van der Waals surface area contributed by atoms with Crippen LogP contribution in [-0.4, -0.2) is 23.3 Å². The second-order valence-electron chi connectivity index (χ2n) is 4.53. The summed E-state index contributed by atoms with van der Waals surface area (Å²) in [6, 6.07) is 4.15. The maximum Gasteiger partial charge on any atom is 0.306 e. The zero-order valence-electron chi connectivity index (χ0n) is 11.3. The molecule has 0 saturated carbocycles. The van der Waals surface area contributed by atoms with E-state index in [0.29, 0.717) is 24.5 Å². The predicted molar refractivity (Wildman–Crippen MR) is 68.6 cm³/mol. The smallest absolute Gasteiger partial charge is 0.306 e. The van der Waals surface area contributed by atoms with Crippen molar-refractivity contribution in [3.63, 3.8) is 0 Å². The quantitative estimate of drug-likeness (QED) is 0.468. The molecule has 1 aromatic rings. The molecule has 2 rings (SSSR count). The van der Waals surface area contributed by atoms with Crippen LogP contribution in [0.4, 0.5) is 5.69 Å². The number of nitrogens with zero attached hydrogens (tertiary/aromatic N) is 1. The van der Waals surface area contributed by atoms with E-state index in [4.69, 9.17) is 14.2 Å². The minimum atomic E-state index is -1.01. The van der Waals surface area contributed by atoms with Crippen molar-refractivity contribution in [2.24, 2.45) is 0 Å². The summed E-state index contributed by atoms with van der Waals surface area (Å²) in [6.45, 7) is 3.74. The van der Waals surface area contributed by atoms with Gasteiger partial charge in [0, 0.05) is 19.4 Å². The third-order valence-electron chi connectivity index (χ3n) is 2.88. The Morgan fingerprint density at radius 3 is 2.75 bits per heavy atom. The maximum atomic E-state index is 11.3. The lowest BCUT2D eigenvalue weighted by atomic mass is 10.2. The Labute approximate surface area is 115 Å². The number of carbonyl (C=O) groups is 1. The summed E-state index contributed by atoms with van der Waals surface area (Å²) in [4.78, 5) is 21.5. The highest BCUT2D eigenvalue weighted by Gasteiger charge is 2.38. The molecule has 1 unspecified atom stereocenters. The third-order valence-corrected chi connectivity index (χ3v) is 2.88. The molecular formula is C13H15NO6. The number of carbonyl (C=O) groups excluding carboxylic acids is 1. The number of hydrogen-bond acceptors (Lipinski definition) is 6. The molecule has 7 nitrogen and oxygen atoms in total. The highest BCUT2D eigenvalue weighted by atomic mass is 16.7. The molecule has 0 fully saturated rings. The van der Waals surface area contributed by atoms with Gasteiger partial charge in [-0.25, -0.2) is 0 Å². The number of non-ortho nitro benzene ring substituents is 1. The summed E-state index contributed by atoms with van der Waals surface area (Å²) in [5, 5.41) is 10.7. The average molecular weight is 281 g/mol. The van der Waals surface area contributed by atoms with Crippen molar-refractivity contribution in [2.45, 2.75) is 32.5 Å². The van der Waals surface area contributed by atoms with E-state index in [1.54, 1.807) is 13.8 Å². The van der Waals surface area contributed by atoms with Crippen molar-refractivity contribution >= 4 is 11.7 Å². The van der Waals surface area contributed by atoms with Gasteiger partial charge in [0.1, 0.15) is 0 Å². The lowest BCUT2D eigenvalue weighted by molar-refractivity contribution is -0.384. The molecule has 1 aliphatic heterocycles. The van der Waals surface area contributed by atoms with Crippen molar-refractivity contribution in [3.05, 3.63) is 28.3 Å². The highest BCUT2D eigenvalue weighted by Crippen LogP contribution is 2.42. The van der Waals surface area contributed by atoms with Crippen LogP contribution in [0.15, 0.2) is 18.2 Å². The normalized spacial score (nSPS) is 19.7. The van der Waals surface area contributed by atoms with Gasteiger partial charge in [0.2, 0.25) is 5.79 Å². The monoisotopic (exact) mass is 281 g/mol. The number of benzene rings is 1. The van der Waals surface area contributed by atoms with Crippen molar-refractivity contribution in [1.29, 1.82) is 0 Å². The first-order valence-corrected chi connectivity index (χ1v) is 6.25. The van der Waals surface area contributed by atoms with E-state index in [9.17, 15) is 14.9 Å². The number of nitro groups is 1. The van der Waals surface area contributed by atoms with Gasteiger partial charge in [0.25, 0.3) is 5.69 Å². The molecule has 0 aliphatic carbocycles. The van der Waals surface area contributed by atoms with E-state index in [-0.39, 0.29) is 18.1 Å². The second kappa shape index (κ2) is 5.36. The molecule has 0 spiro atoms. The molecule has 0 aromatic heterocycles. The van der Waals surface area contributed by atoms with Gasteiger partial charge in [-0.3, -0.25) is 14.9 Å². The Kier molecular flexibility index (Phi) is 3.78. The lowest BCUT2D eigenvalue weighted by Crippen LogP contribution is -2.35. The van der Waals surface area contributed by atoms with E-state index in [2.05, 4.69) is 0 Å². The van der Waals surface area contributed by atoms with Crippen molar-refractivity contribution < 1.29 is 23.9 Å². The summed E-state index contributed by atoms with van der Waals surface area (Å²) in [7, 11) is 0. The van der Waals surface area contributed by atoms with Crippen LogP contribution >= 0.6 is 0 Å². The van der Waals surface area contributed by atoms with Crippen LogP contribution in [0.2, 0.25) is 0 Å². The molecule has 0 bridgehead atoms. The van der Waals surface area contributed by atoms with Gasteiger partial charge in [-0.2, -0.15) is 0 Å². The van der Waals surface area contributed by atoms with Gasteiger partial charge in [-0.1, -0.05) is 0 Å². The van der Waals surface area contributed by atoms with Gasteiger partial charge >= 0.3 is 5.97 Å². The summed E-state index contributed by atoms with van der Waals surface area (Å²) in [6.07, 6.45) is 0.453. The molecule has 1 heterocycles. The Bertz CT molecular complexity index is 544. The van der Waals surface area contributed by atoms with Crippen LogP contribution in [-0.2, 0) is 9.53 Å². The maximum absolute atomic E-state index is 11.3. The Morgan fingerprint density at radius 2 is 2.10 bits per heavy atom. The molecule has 1 atom stereocenters. The van der Waals surface area contributed by atoms with Crippen LogP contribution in [0.3, 0.4) is 0 Å². The first kappa shape index (κ1) is 14.1. The molecule has 108 valence electrons.